The lowest BCUT2D eigenvalue weighted by atomic mass is 9.96. The molecule has 4 nitrogen and oxygen atoms in total. The number of thiazole rings is 1. The lowest BCUT2D eigenvalue weighted by Gasteiger charge is -2.22. The largest absolute Gasteiger partial charge is 0.250 e. The Morgan fingerprint density at radius 3 is 2.67 bits per heavy atom. The molecule has 1 aliphatic rings. The summed E-state index contributed by atoms with van der Waals surface area (Å²) in [7, 11) is -3.41. The van der Waals surface area contributed by atoms with E-state index in [0.29, 0.717) is 10.1 Å². The highest BCUT2D eigenvalue weighted by Crippen LogP contribution is 2.31. The van der Waals surface area contributed by atoms with Crippen LogP contribution in [0.1, 0.15) is 51.6 Å². The molecule has 0 amide bonds. The molecule has 3 rings (SSSR count). The quantitative estimate of drug-likeness (QED) is 0.786. The first-order valence-electron chi connectivity index (χ1n) is 8.49. The Morgan fingerprint density at radius 2 is 1.96 bits per heavy atom. The molecule has 0 spiro atoms. The smallest absolute Gasteiger partial charge is 0.241 e. The van der Waals surface area contributed by atoms with Gasteiger partial charge in [0.1, 0.15) is 9.22 Å². The van der Waals surface area contributed by atoms with Gasteiger partial charge in [0, 0.05) is 22.4 Å². The van der Waals surface area contributed by atoms with Crippen molar-refractivity contribution in [2.45, 2.75) is 62.6 Å². The number of rotatable bonds is 6. The molecule has 0 saturated heterocycles. The molecule has 24 heavy (non-hydrogen) atoms. The third-order valence-electron chi connectivity index (χ3n) is 4.18. The van der Waals surface area contributed by atoms with Crippen LogP contribution in [0.25, 0.3) is 10.6 Å². The highest BCUT2D eigenvalue weighted by molar-refractivity contribution is 7.91. The molecule has 1 N–H and O–H groups in total. The van der Waals surface area contributed by atoms with E-state index in [1.807, 2.05) is 5.38 Å². The molecule has 0 bridgehead atoms. The number of nitrogens with one attached hydrogen (secondary N) is 1. The molecule has 1 fully saturated rings. The predicted molar refractivity (Wildman–Crippen MR) is 101 cm³/mol. The third kappa shape index (κ3) is 4.45. The van der Waals surface area contributed by atoms with Crippen molar-refractivity contribution in [1.82, 2.24) is 9.71 Å². The molecule has 132 valence electrons. The average Bonchev–Trinajstić information content (AvgIpc) is 3.16. The van der Waals surface area contributed by atoms with Crippen LogP contribution in [-0.2, 0) is 16.4 Å². The van der Waals surface area contributed by atoms with E-state index in [1.54, 1.807) is 17.4 Å². The standard InChI is InChI=1S/C17H24N2O2S3/c1-12(2)8-15-11-23-17(18-15)13-9-16(22-10-13)24(20,21)19-14-6-4-3-5-7-14/h9-12,14,19H,3-8H2,1-2H3. The van der Waals surface area contributed by atoms with Gasteiger partial charge in [-0.05, 0) is 31.2 Å². The minimum Gasteiger partial charge on any atom is -0.241 e. The Kier molecular flexibility index (Phi) is 5.74. The Bertz CT molecular complexity index is 771. The van der Waals surface area contributed by atoms with E-state index in [9.17, 15) is 8.42 Å². The van der Waals surface area contributed by atoms with Crippen molar-refractivity contribution in [2.24, 2.45) is 5.92 Å². The van der Waals surface area contributed by atoms with Crippen LogP contribution in [0.2, 0.25) is 0 Å². The molecule has 0 aromatic carbocycles. The number of aromatic nitrogens is 1. The second-order valence-electron chi connectivity index (χ2n) is 6.85. The monoisotopic (exact) mass is 384 g/mol. The lowest BCUT2D eigenvalue weighted by molar-refractivity contribution is 0.412. The van der Waals surface area contributed by atoms with E-state index in [0.717, 1.165) is 48.4 Å². The second-order valence-corrected chi connectivity index (χ2v) is 10.6. The number of nitrogens with zero attached hydrogens (tertiary/aromatic N) is 1. The van der Waals surface area contributed by atoms with E-state index in [1.165, 1.54) is 17.8 Å². The van der Waals surface area contributed by atoms with Crippen molar-refractivity contribution in [3.05, 3.63) is 22.5 Å². The Hall–Kier alpha value is -0.760. The maximum Gasteiger partial charge on any atom is 0.250 e. The van der Waals surface area contributed by atoms with E-state index in [2.05, 4.69) is 28.9 Å². The van der Waals surface area contributed by atoms with E-state index in [-0.39, 0.29) is 6.04 Å². The fourth-order valence-corrected chi connectivity index (χ4v) is 6.40. The van der Waals surface area contributed by atoms with E-state index in [4.69, 9.17) is 0 Å². The van der Waals surface area contributed by atoms with Crippen LogP contribution < -0.4 is 4.72 Å². The number of hydrogen-bond donors (Lipinski definition) is 1. The van der Waals surface area contributed by atoms with Crippen molar-refractivity contribution in [3.63, 3.8) is 0 Å². The molecule has 0 radical (unpaired) electrons. The van der Waals surface area contributed by atoms with Gasteiger partial charge >= 0.3 is 0 Å². The first-order valence-corrected chi connectivity index (χ1v) is 11.7. The van der Waals surface area contributed by atoms with Crippen molar-refractivity contribution >= 4 is 32.7 Å². The molecule has 1 aliphatic carbocycles. The van der Waals surface area contributed by atoms with Crippen LogP contribution in [0.3, 0.4) is 0 Å². The first kappa shape index (κ1) is 18.0. The fourth-order valence-electron chi connectivity index (χ4n) is 3.02. The van der Waals surface area contributed by atoms with Crippen molar-refractivity contribution < 1.29 is 8.42 Å². The molecule has 0 aliphatic heterocycles. The summed E-state index contributed by atoms with van der Waals surface area (Å²) >= 11 is 2.86. The fraction of sp³-hybridized carbons (Fsp3) is 0.588. The van der Waals surface area contributed by atoms with Crippen LogP contribution >= 0.6 is 22.7 Å². The van der Waals surface area contributed by atoms with Gasteiger partial charge < -0.3 is 0 Å². The Labute approximate surface area is 152 Å². The summed E-state index contributed by atoms with van der Waals surface area (Å²) in [6.45, 7) is 4.34. The minimum absolute atomic E-state index is 0.0896. The van der Waals surface area contributed by atoms with Crippen molar-refractivity contribution in [3.8, 4) is 10.6 Å². The topological polar surface area (TPSA) is 59.1 Å². The van der Waals surface area contributed by atoms with Crippen LogP contribution in [0.15, 0.2) is 21.0 Å². The normalized spacial score (nSPS) is 16.8. The first-order chi connectivity index (χ1) is 11.4. The van der Waals surface area contributed by atoms with Crippen molar-refractivity contribution in [1.29, 1.82) is 0 Å². The second kappa shape index (κ2) is 7.64. The van der Waals surface area contributed by atoms with E-state index < -0.39 is 10.0 Å². The summed E-state index contributed by atoms with van der Waals surface area (Å²) in [6.07, 6.45) is 6.28. The number of hydrogen-bond acceptors (Lipinski definition) is 5. The predicted octanol–water partition coefficient (Wildman–Crippen LogP) is 4.68. The zero-order valence-electron chi connectivity index (χ0n) is 14.1. The van der Waals surface area contributed by atoms with Crippen molar-refractivity contribution in [2.75, 3.05) is 0 Å². The van der Waals surface area contributed by atoms with Gasteiger partial charge in [0.15, 0.2) is 0 Å². The van der Waals surface area contributed by atoms with Crippen LogP contribution in [0.5, 0.6) is 0 Å². The van der Waals surface area contributed by atoms with Gasteiger partial charge in [0.25, 0.3) is 0 Å². The molecule has 1 saturated carbocycles. The Balaban J connectivity index is 1.73. The van der Waals surface area contributed by atoms with Gasteiger partial charge in [0.2, 0.25) is 10.0 Å². The van der Waals surface area contributed by atoms with Gasteiger partial charge in [-0.3, -0.25) is 0 Å². The maximum absolute atomic E-state index is 12.6. The highest BCUT2D eigenvalue weighted by Gasteiger charge is 2.23. The molecular weight excluding hydrogens is 360 g/mol. The molecule has 0 unspecified atom stereocenters. The van der Waals surface area contributed by atoms with Gasteiger partial charge in [-0.2, -0.15) is 0 Å². The zero-order chi connectivity index (χ0) is 17.2. The third-order valence-corrected chi connectivity index (χ3v) is 8.08. The maximum atomic E-state index is 12.6. The van der Waals surface area contributed by atoms with Gasteiger partial charge in [-0.15, -0.1) is 22.7 Å². The molecule has 7 heteroatoms. The van der Waals surface area contributed by atoms with Crippen LogP contribution in [0, 0.1) is 5.92 Å². The molecular formula is C17H24N2O2S3. The van der Waals surface area contributed by atoms with E-state index >= 15 is 0 Å². The summed E-state index contributed by atoms with van der Waals surface area (Å²) in [4.78, 5) is 4.64. The Morgan fingerprint density at radius 1 is 1.21 bits per heavy atom. The van der Waals surface area contributed by atoms with Gasteiger partial charge in [0.05, 0.1) is 5.69 Å². The highest BCUT2D eigenvalue weighted by atomic mass is 32.2. The SMILES string of the molecule is CC(C)Cc1csc(-c2csc(S(=O)(=O)NC3CCCCC3)c2)n1. The van der Waals surface area contributed by atoms with Crippen LogP contribution in [0.4, 0.5) is 0 Å². The lowest BCUT2D eigenvalue weighted by Crippen LogP contribution is -2.35. The summed E-state index contributed by atoms with van der Waals surface area (Å²) in [5, 5.41) is 4.87. The summed E-state index contributed by atoms with van der Waals surface area (Å²) in [5.74, 6) is 0.568. The number of sulfonamides is 1. The summed E-state index contributed by atoms with van der Waals surface area (Å²) in [5.41, 5.74) is 1.99. The summed E-state index contributed by atoms with van der Waals surface area (Å²) < 4.78 is 28.4. The summed E-state index contributed by atoms with van der Waals surface area (Å²) in [6, 6.07) is 1.85. The van der Waals surface area contributed by atoms with Gasteiger partial charge in [-0.1, -0.05) is 33.1 Å². The minimum atomic E-state index is -3.41. The van der Waals surface area contributed by atoms with Gasteiger partial charge in [-0.25, -0.2) is 18.1 Å². The average molecular weight is 385 g/mol. The number of thiophene rings is 1. The molecule has 2 aromatic heterocycles. The van der Waals surface area contributed by atoms with Crippen LogP contribution in [-0.4, -0.2) is 19.4 Å². The molecule has 0 atom stereocenters. The molecule has 2 aromatic rings. The molecule has 2 heterocycles. The zero-order valence-corrected chi connectivity index (χ0v) is 16.6.